The highest BCUT2D eigenvalue weighted by molar-refractivity contribution is 7.10. The van der Waals surface area contributed by atoms with Crippen LogP contribution in [0, 0.1) is 27.2 Å². The highest BCUT2D eigenvalue weighted by atomic mass is 28.3. The normalized spacial score (nSPS) is 14.2. The Kier molecular flexibility index (Phi) is 5.43. The van der Waals surface area contributed by atoms with Gasteiger partial charge in [0.1, 0.15) is 15.1 Å². The Morgan fingerprint density at radius 1 is 0.778 bits per heavy atom. The standard InChI is InChI=1S/C40H34N3OSi/c1-26-17-22-33-35-24-34(39(41-4)42-40(35)44-38(33)37(26)36-23-27(2)28(3)25-43(36)5)29-18-20-32(21-19-29)45(6,30-13-9-7-10-14-30)31-15-11-8-12-16-31/h7-25H,1-3,5-6H3/q+1/i2D3,3D3. The lowest BCUT2D eigenvalue weighted by atomic mass is 9.98. The molecule has 4 aromatic carbocycles. The third-order valence-corrected chi connectivity index (χ3v) is 13.4. The first-order valence-electron chi connectivity index (χ1n) is 17.7. The third-order valence-electron chi connectivity index (χ3n) is 8.93. The van der Waals surface area contributed by atoms with Crippen LogP contribution >= 0.6 is 0 Å². The van der Waals surface area contributed by atoms with E-state index in [1.54, 1.807) is 11.6 Å². The van der Waals surface area contributed by atoms with Crippen molar-refractivity contribution in [1.82, 2.24) is 4.98 Å². The molecule has 0 aliphatic rings. The van der Waals surface area contributed by atoms with Crippen LogP contribution in [0.5, 0.6) is 0 Å². The zero-order chi connectivity index (χ0) is 36.3. The maximum atomic E-state index is 8.13. The summed E-state index contributed by atoms with van der Waals surface area (Å²) in [4.78, 5) is 8.47. The molecule has 218 valence electrons. The van der Waals surface area contributed by atoms with Crippen molar-refractivity contribution in [1.29, 1.82) is 0 Å². The molecule has 0 saturated heterocycles. The van der Waals surface area contributed by atoms with Gasteiger partial charge in [-0.2, -0.15) is 0 Å². The molecule has 0 N–H and O–H groups in total. The smallest absolute Gasteiger partial charge is 0.322 e. The number of pyridine rings is 2. The summed E-state index contributed by atoms with van der Waals surface area (Å²) in [5.74, 6) is 0.205. The number of fused-ring (bicyclic) bond motifs is 3. The monoisotopic (exact) mass is 606 g/mol. The highest BCUT2D eigenvalue weighted by Crippen LogP contribution is 2.40. The lowest BCUT2D eigenvalue weighted by Crippen LogP contribution is -2.64. The fourth-order valence-corrected chi connectivity index (χ4v) is 9.95. The Bertz CT molecular complexity index is 2450. The van der Waals surface area contributed by atoms with Gasteiger partial charge in [0.2, 0.25) is 5.69 Å². The Morgan fingerprint density at radius 2 is 1.42 bits per heavy atom. The zero-order valence-corrected chi connectivity index (χ0v) is 26.2. The number of aryl methyl sites for hydroxylation is 4. The summed E-state index contributed by atoms with van der Waals surface area (Å²) < 4.78 is 56.3. The van der Waals surface area contributed by atoms with Crippen LogP contribution in [0.15, 0.2) is 120 Å². The maximum absolute atomic E-state index is 8.13. The number of furan rings is 1. The molecule has 45 heavy (non-hydrogen) atoms. The summed E-state index contributed by atoms with van der Waals surface area (Å²) in [6.45, 7) is 7.01. The molecule has 0 aliphatic carbocycles. The largest absolute Gasteiger partial charge is 0.419 e. The maximum Gasteiger partial charge on any atom is 0.322 e. The molecule has 7 aromatic rings. The van der Waals surface area contributed by atoms with Gasteiger partial charge >= 0.3 is 5.71 Å². The van der Waals surface area contributed by atoms with Crippen LogP contribution in [0.4, 0.5) is 5.82 Å². The fourth-order valence-electron chi connectivity index (χ4n) is 6.39. The predicted molar refractivity (Wildman–Crippen MR) is 187 cm³/mol. The van der Waals surface area contributed by atoms with Crippen molar-refractivity contribution in [3.05, 3.63) is 143 Å². The van der Waals surface area contributed by atoms with Gasteiger partial charge in [-0.3, -0.25) is 0 Å². The molecule has 3 heterocycles. The van der Waals surface area contributed by atoms with Crippen LogP contribution in [0.3, 0.4) is 0 Å². The second kappa shape index (κ2) is 11.0. The summed E-state index contributed by atoms with van der Waals surface area (Å²) in [6.07, 6.45) is 1.37. The van der Waals surface area contributed by atoms with Crippen LogP contribution in [0.2, 0.25) is 6.55 Å². The lowest BCUT2D eigenvalue weighted by Gasteiger charge is -2.29. The van der Waals surface area contributed by atoms with Crippen molar-refractivity contribution >= 4 is 51.5 Å². The summed E-state index contributed by atoms with van der Waals surface area (Å²) in [5, 5.41) is 5.30. The van der Waals surface area contributed by atoms with E-state index in [9.17, 15) is 0 Å². The average Bonchev–Trinajstić information content (AvgIpc) is 3.48. The summed E-state index contributed by atoms with van der Waals surface area (Å²) >= 11 is 0. The molecule has 0 spiro atoms. The van der Waals surface area contributed by atoms with Gasteiger partial charge in [0.15, 0.2) is 11.8 Å². The molecule has 5 heteroatoms. The van der Waals surface area contributed by atoms with Crippen LogP contribution in [0.1, 0.15) is 24.9 Å². The number of hydrogen-bond acceptors (Lipinski definition) is 2. The first kappa shape index (κ1) is 22.2. The van der Waals surface area contributed by atoms with E-state index >= 15 is 0 Å². The molecule has 0 radical (unpaired) electrons. The minimum absolute atomic E-state index is 0.205. The van der Waals surface area contributed by atoms with E-state index in [2.05, 4.69) is 89.2 Å². The average molecular weight is 607 g/mol. The predicted octanol–water partition coefficient (Wildman–Crippen LogP) is 7.72. The number of nitrogens with zero attached hydrogens (tertiary/aromatic N) is 3. The molecular formula is C40H34N3OSi+. The van der Waals surface area contributed by atoms with Gasteiger partial charge in [0, 0.05) is 30.8 Å². The van der Waals surface area contributed by atoms with Crippen LogP contribution in [-0.2, 0) is 7.05 Å². The van der Waals surface area contributed by atoms with Gasteiger partial charge in [-0.05, 0) is 58.9 Å². The molecule has 0 unspecified atom stereocenters. The van der Waals surface area contributed by atoms with Gasteiger partial charge in [-0.25, -0.2) is 4.57 Å². The zero-order valence-electron chi connectivity index (χ0n) is 31.2. The first-order chi connectivity index (χ1) is 24.2. The number of rotatable bonds is 5. The Labute approximate surface area is 273 Å². The minimum atomic E-state index is -2.65. The molecule has 0 aliphatic heterocycles. The first-order valence-corrected chi connectivity index (χ1v) is 17.2. The minimum Gasteiger partial charge on any atom is -0.419 e. The summed E-state index contributed by atoms with van der Waals surface area (Å²) in [6, 6.07) is 36.9. The van der Waals surface area contributed by atoms with Crippen molar-refractivity contribution in [2.75, 3.05) is 0 Å². The van der Waals surface area contributed by atoms with E-state index in [0.29, 0.717) is 27.8 Å². The molecule has 7 rings (SSSR count). The number of hydrogen-bond donors (Lipinski definition) is 0. The van der Waals surface area contributed by atoms with E-state index < -0.39 is 21.8 Å². The summed E-state index contributed by atoms with van der Waals surface area (Å²) in [7, 11) is -0.641. The highest BCUT2D eigenvalue weighted by Gasteiger charge is 2.34. The fraction of sp³-hybridized carbons (Fsp3) is 0.125. The molecule has 4 nitrogen and oxygen atoms in total. The Balaban J connectivity index is 1.38. The van der Waals surface area contributed by atoms with E-state index in [1.807, 2.05) is 37.3 Å². The topological polar surface area (TPSA) is 34.3 Å². The van der Waals surface area contributed by atoms with Crippen molar-refractivity contribution < 1.29 is 17.2 Å². The van der Waals surface area contributed by atoms with Gasteiger partial charge in [-0.15, -0.1) is 0 Å². The lowest BCUT2D eigenvalue weighted by molar-refractivity contribution is -0.660. The van der Waals surface area contributed by atoms with E-state index in [0.717, 1.165) is 16.5 Å². The molecule has 3 aromatic heterocycles. The molecule has 0 amide bonds. The van der Waals surface area contributed by atoms with Gasteiger partial charge < -0.3 is 9.26 Å². The molecule has 0 fully saturated rings. The molecular weight excluding hydrogens is 567 g/mol. The van der Waals surface area contributed by atoms with Crippen molar-refractivity contribution in [3.63, 3.8) is 0 Å². The van der Waals surface area contributed by atoms with E-state index in [4.69, 9.17) is 19.2 Å². The van der Waals surface area contributed by atoms with E-state index in [-0.39, 0.29) is 22.7 Å². The Hall–Kier alpha value is -5.31. The van der Waals surface area contributed by atoms with Crippen molar-refractivity contribution in [3.8, 4) is 22.4 Å². The SMILES string of the molecule is [2H]C([2H])([2H])c1cc(-c2c(C)ccc3c2oc2nc([N+]#[C-])c(-c4ccc([Si](C)(c5ccccc5)c5ccccc5)cc4)cc23)[n+](C)cc1C([2H])([2H])[2H]. The second-order valence-electron chi connectivity index (χ2n) is 11.6. The number of aromatic nitrogens is 2. The van der Waals surface area contributed by atoms with Gasteiger partial charge in [0.25, 0.3) is 5.82 Å². The molecule has 0 atom stereocenters. The second-order valence-corrected chi connectivity index (χ2v) is 15.6. The van der Waals surface area contributed by atoms with Gasteiger partial charge in [-0.1, -0.05) is 115 Å². The van der Waals surface area contributed by atoms with Crippen LogP contribution in [0.25, 0.3) is 49.3 Å². The number of benzene rings is 4. The Morgan fingerprint density at radius 3 is 2.04 bits per heavy atom. The molecule has 0 bridgehead atoms. The third kappa shape index (κ3) is 4.66. The summed E-state index contributed by atoms with van der Waals surface area (Å²) in [5.41, 5.74) is 3.75. The van der Waals surface area contributed by atoms with E-state index in [1.165, 1.54) is 27.8 Å². The quantitative estimate of drug-likeness (QED) is 0.0871. The van der Waals surface area contributed by atoms with Crippen LogP contribution in [-0.4, -0.2) is 13.1 Å². The van der Waals surface area contributed by atoms with Crippen molar-refractivity contribution in [2.24, 2.45) is 7.05 Å². The van der Waals surface area contributed by atoms with Gasteiger partial charge in [0.05, 0.1) is 10.9 Å². The molecule has 0 saturated carbocycles. The van der Waals surface area contributed by atoms with Crippen molar-refractivity contribution in [2.45, 2.75) is 27.2 Å². The van der Waals surface area contributed by atoms with Crippen LogP contribution < -0.4 is 20.1 Å².